The minimum atomic E-state index is -0.394. The molecule has 1 aromatic carbocycles. The first-order chi connectivity index (χ1) is 10.1. The second-order valence-electron chi connectivity index (χ2n) is 5.06. The third kappa shape index (κ3) is 3.03. The minimum Gasteiger partial charge on any atom is -0.451 e. The zero-order valence-corrected chi connectivity index (χ0v) is 12.2. The van der Waals surface area contributed by atoms with E-state index >= 15 is 0 Å². The molecule has 1 saturated heterocycles. The van der Waals surface area contributed by atoms with Crippen LogP contribution >= 0.6 is 11.6 Å². The molecule has 0 radical (unpaired) electrons. The Morgan fingerprint density at radius 1 is 1.24 bits per heavy atom. The second kappa shape index (κ2) is 5.77. The summed E-state index contributed by atoms with van der Waals surface area (Å²) >= 11 is 5.89. The fraction of sp³-hybridized carbons (Fsp3) is 0.333. The summed E-state index contributed by atoms with van der Waals surface area (Å²) in [6.07, 6.45) is 2.06. The summed E-state index contributed by atoms with van der Waals surface area (Å²) in [5, 5.41) is 3.94. The molecule has 1 aromatic heterocycles. The largest absolute Gasteiger partial charge is 0.451 e. The molecule has 2 aromatic rings. The van der Waals surface area contributed by atoms with Crippen molar-refractivity contribution in [3.8, 4) is 0 Å². The highest BCUT2D eigenvalue weighted by atomic mass is 35.5. The highest BCUT2D eigenvalue weighted by molar-refractivity contribution is 6.31. The molecule has 0 saturated carbocycles. The van der Waals surface area contributed by atoms with Crippen molar-refractivity contribution < 1.29 is 14.0 Å². The number of fused-ring (bicyclic) bond motifs is 1. The van der Waals surface area contributed by atoms with Crippen molar-refractivity contribution in [2.75, 3.05) is 19.6 Å². The quantitative estimate of drug-likeness (QED) is 0.947. The predicted octanol–water partition coefficient (Wildman–Crippen LogP) is 2.44. The molecule has 1 aliphatic rings. The highest BCUT2D eigenvalue weighted by Crippen LogP contribution is 2.22. The zero-order valence-electron chi connectivity index (χ0n) is 11.4. The molecule has 0 bridgehead atoms. The molecule has 2 amide bonds. The molecular formula is C15H15ClN2O3. The number of benzene rings is 1. The number of nitrogens with one attached hydrogen (secondary N) is 1. The summed E-state index contributed by atoms with van der Waals surface area (Å²) in [5.74, 6) is -0.267. The molecular weight excluding hydrogens is 292 g/mol. The maximum absolute atomic E-state index is 12.0. The molecule has 1 fully saturated rings. The number of hydrogen-bond donors (Lipinski definition) is 1. The lowest BCUT2D eigenvalue weighted by molar-refractivity contribution is -0.129. The van der Waals surface area contributed by atoms with Gasteiger partial charge in [-0.2, -0.15) is 0 Å². The van der Waals surface area contributed by atoms with E-state index in [1.807, 2.05) is 0 Å². The van der Waals surface area contributed by atoms with Gasteiger partial charge in [0.2, 0.25) is 5.91 Å². The van der Waals surface area contributed by atoms with Gasteiger partial charge in [0.1, 0.15) is 5.58 Å². The molecule has 3 rings (SSSR count). The standard InChI is InChI=1S/C15H15ClN2O3/c16-11-3-4-12-10(7-11)8-13(21-12)15(20)17-9-14(19)18-5-1-2-6-18/h3-4,7-8H,1-2,5-6,9H2,(H,17,20). The van der Waals surface area contributed by atoms with E-state index in [-0.39, 0.29) is 18.2 Å². The summed E-state index contributed by atoms with van der Waals surface area (Å²) < 4.78 is 5.45. The van der Waals surface area contributed by atoms with Gasteiger partial charge in [-0.05, 0) is 37.1 Å². The lowest BCUT2D eigenvalue weighted by atomic mass is 10.2. The molecule has 6 heteroatoms. The third-order valence-corrected chi connectivity index (χ3v) is 3.80. The van der Waals surface area contributed by atoms with Gasteiger partial charge < -0.3 is 14.6 Å². The number of amides is 2. The molecule has 0 unspecified atom stereocenters. The number of rotatable bonds is 3. The van der Waals surface area contributed by atoms with Crippen molar-refractivity contribution in [2.45, 2.75) is 12.8 Å². The molecule has 0 aliphatic carbocycles. The van der Waals surface area contributed by atoms with Gasteiger partial charge in [0, 0.05) is 23.5 Å². The maximum Gasteiger partial charge on any atom is 0.287 e. The van der Waals surface area contributed by atoms with Crippen LogP contribution < -0.4 is 5.32 Å². The highest BCUT2D eigenvalue weighted by Gasteiger charge is 2.19. The van der Waals surface area contributed by atoms with Gasteiger partial charge in [-0.3, -0.25) is 9.59 Å². The van der Waals surface area contributed by atoms with E-state index in [2.05, 4.69) is 5.32 Å². The normalized spacial score (nSPS) is 14.6. The first-order valence-corrected chi connectivity index (χ1v) is 7.26. The topological polar surface area (TPSA) is 62.6 Å². The SMILES string of the molecule is O=C(NCC(=O)N1CCCC1)c1cc2cc(Cl)ccc2o1. The summed E-state index contributed by atoms with van der Waals surface area (Å²) in [6.45, 7) is 1.55. The zero-order chi connectivity index (χ0) is 14.8. The first kappa shape index (κ1) is 13.9. The molecule has 2 heterocycles. The number of nitrogens with zero attached hydrogens (tertiary/aromatic N) is 1. The van der Waals surface area contributed by atoms with Gasteiger partial charge >= 0.3 is 0 Å². The Hall–Kier alpha value is -2.01. The average Bonchev–Trinajstić information content (AvgIpc) is 3.12. The van der Waals surface area contributed by atoms with Crippen LogP contribution in [0.1, 0.15) is 23.4 Å². The van der Waals surface area contributed by atoms with Gasteiger partial charge in [-0.1, -0.05) is 11.6 Å². The predicted molar refractivity (Wildman–Crippen MR) is 79.4 cm³/mol. The van der Waals surface area contributed by atoms with E-state index in [4.69, 9.17) is 16.0 Å². The van der Waals surface area contributed by atoms with Gasteiger partial charge in [0.05, 0.1) is 6.54 Å². The fourth-order valence-corrected chi connectivity index (χ4v) is 2.63. The molecule has 21 heavy (non-hydrogen) atoms. The Balaban J connectivity index is 1.65. The van der Waals surface area contributed by atoms with Crippen molar-refractivity contribution in [1.82, 2.24) is 10.2 Å². The summed E-state index contributed by atoms with van der Waals surface area (Å²) in [6, 6.07) is 6.76. The average molecular weight is 307 g/mol. The summed E-state index contributed by atoms with van der Waals surface area (Å²) in [5.41, 5.74) is 0.593. The van der Waals surface area contributed by atoms with Crippen molar-refractivity contribution in [1.29, 1.82) is 0 Å². The van der Waals surface area contributed by atoms with Gasteiger partial charge in [-0.25, -0.2) is 0 Å². The van der Waals surface area contributed by atoms with Crippen LogP contribution in [-0.4, -0.2) is 36.3 Å². The van der Waals surface area contributed by atoms with Gasteiger partial charge in [0.15, 0.2) is 5.76 Å². The molecule has 110 valence electrons. The van der Waals surface area contributed by atoms with E-state index in [9.17, 15) is 9.59 Å². The van der Waals surface area contributed by atoms with E-state index in [1.54, 1.807) is 29.2 Å². The second-order valence-corrected chi connectivity index (χ2v) is 5.50. The van der Waals surface area contributed by atoms with E-state index in [0.717, 1.165) is 31.3 Å². The smallest absolute Gasteiger partial charge is 0.287 e. The van der Waals surface area contributed by atoms with Gasteiger partial charge in [-0.15, -0.1) is 0 Å². The van der Waals surface area contributed by atoms with Crippen LogP contribution in [-0.2, 0) is 4.79 Å². The third-order valence-electron chi connectivity index (χ3n) is 3.56. The Labute approximate surface area is 126 Å². The Bertz CT molecular complexity index is 689. The number of carbonyl (C=O) groups excluding carboxylic acids is 2. The monoisotopic (exact) mass is 306 g/mol. The summed E-state index contributed by atoms with van der Waals surface area (Å²) in [4.78, 5) is 25.6. The van der Waals surface area contributed by atoms with Crippen LogP contribution in [0.25, 0.3) is 11.0 Å². The van der Waals surface area contributed by atoms with Crippen molar-refractivity contribution in [2.24, 2.45) is 0 Å². The van der Waals surface area contributed by atoms with E-state index in [1.165, 1.54) is 0 Å². The number of halogens is 1. The van der Waals surface area contributed by atoms with Crippen molar-refractivity contribution in [3.05, 3.63) is 35.0 Å². The van der Waals surface area contributed by atoms with Crippen LogP contribution in [0.3, 0.4) is 0 Å². The lowest BCUT2D eigenvalue weighted by Crippen LogP contribution is -2.38. The number of carbonyl (C=O) groups is 2. The van der Waals surface area contributed by atoms with Crippen molar-refractivity contribution in [3.63, 3.8) is 0 Å². The number of hydrogen-bond acceptors (Lipinski definition) is 3. The minimum absolute atomic E-state index is 0.00334. The van der Waals surface area contributed by atoms with Gasteiger partial charge in [0.25, 0.3) is 5.91 Å². The van der Waals surface area contributed by atoms with E-state index in [0.29, 0.717) is 10.6 Å². The maximum atomic E-state index is 12.0. The van der Waals surface area contributed by atoms with Crippen molar-refractivity contribution >= 4 is 34.4 Å². The Morgan fingerprint density at radius 2 is 2.00 bits per heavy atom. The van der Waals surface area contributed by atoms with Crippen LogP contribution in [0, 0.1) is 0 Å². The molecule has 1 N–H and O–H groups in total. The van der Waals surface area contributed by atoms with Crippen LogP contribution in [0.4, 0.5) is 0 Å². The fourth-order valence-electron chi connectivity index (χ4n) is 2.45. The van der Waals surface area contributed by atoms with Crippen LogP contribution in [0.5, 0.6) is 0 Å². The number of furan rings is 1. The molecule has 1 aliphatic heterocycles. The molecule has 0 atom stereocenters. The lowest BCUT2D eigenvalue weighted by Gasteiger charge is -2.14. The Morgan fingerprint density at radius 3 is 2.76 bits per heavy atom. The Kier molecular flexibility index (Phi) is 3.84. The van der Waals surface area contributed by atoms with E-state index < -0.39 is 5.91 Å². The first-order valence-electron chi connectivity index (χ1n) is 6.88. The van der Waals surface area contributed by atoms with Crippen LogP contribution in [0.2, 0.25) is 5.02 Å². The summed E-state index contributed by atoms with van der Waals surface area (Å²) in [7, 11) is 0. The van der Waals surface area contributed by atoms with Crippen LogP contribution in [0.15, 0.2) is 28.7 Å². The molecule has 5 nitrogen and oxygen atoms in total. The molecule has 0 spiro atoms. The number of likely N-dealkylation sites (tertiary alicyclic amines) is 1.